The third-order valence-corrected chi connectivity index (χ3v) is 7.23. The van der Waals surface area contributed by atoms with E-state index < -0.39 is 5.25 Å². The fraction of sp³-hybridized carbons (Fsp3) is 0.400. The highest BCUT2D eigenvalue weighted by Crippen LogP contribution is 2.31. The molecule has 1 unspecified atom stereocenters. The Balaban J connectivity index is 1.75. The van der Waals surface area contributed by atoms with Crippen LogP contribution in [0.15, 0.2) is 53.5 Å². The average molecular weight is 580 g/mol. The Kier molecular flexibility index (Phi) is 10.1. The predicted octanol–water partition coefficient (Wildman–Crippen LogP) is 6.23. The van der Waals surface area contributed by atoms with Gasteiger partial charge in [0.15, 0.2) is 5.17 Å². The SMILES string of the molecule is CCCCCCCN1C(=O)CC(C(=O)Nc2ccc(I)cc2)SC1=Nc1ccc(OC)cc1. The van der Waals surface area contributed by atoms with Crippen molar-refractivity contribution in [1.29, 1.82) is 0 Å². The molecule has 33 heavy (non-hydrogen) atoms. The maximum atomic E-state index is 13.1. The van der Waals surface area contributed by atoms with Crippen LogP contribution in [0.3, 0.4) is 0 Å². The van der Waals surface area contributed by atoms with Crippen LogP contribution in [-0.2, 0) is 9.59 Å². The van der Waals surface area contributed by atoms with E-state index in [2.05, 4.69) is 34.8 Å². The van der Waals surface area contributed by atoms with E-state index in [9.17, 15) is 9.59 Å². The molecule has 0 bridgehead atoms. The van der Waals surface area contributed by atoms with Crippen LogP contribution in [0.5, 0.6) is 5.75 Å². The molecule has 2 aromatic rings. The summed E-state index contributed by atoms with van der Waals surface area (Å²) in [7, 11) is 1.62. The summed E-state index contributed by atoms with van der Waals surface area (Å²) in [5, 5.41) is 2.99. The summed E-state index contributed by atoms with van der Waals surface area (Å²) < 4.78 is 6.32. The first-order valence-corrected chi connectivity index (χ1v) is 13.2. The van der Waals surface area contributed by atoms with Gasteiger partial charge in [0.1, 0.15) is 11.0 Å². The minimum absolute atomic E-state index is 0.0562. The maximum Gasteiger partial charge on any atom is 0.238 e. The lowest BCUT2D eigenvalue weighted by Gasteiger charge is -2.32. The van der Waals surface area contributed by atoms with Crippen molar-refractivity contribution in [3.63, 3.8) is 0 Å². The van der Waals surface area contributed by atoms with E-state index >= 15 is 0 Å². The van der Waals surface area contributed by atoms with Gasteiger partial charge in [-0.3, -0.25) is 14.5 Å². The normalized spacial score (nSPS) is 17.3. The van der Waals surface area contributed by atoms with E-state index in [4.69, 9.17) is 9.73 Å². The van der Waals surface area contributed by atoms with Gasteiger partial charge in [-0.25, -0.2) is 4.99 Å². The molecule has 0 aromatic heterocycles. The van der Waals surface area contributed by atoms with Gasteiger partial charge in [-0.15, -0.1) is 0 Å². The number of halogens is 1. The number of amidine groups is 1. The van der Waals surface area contributed by atoms with Crippen LogP contribution in [-0.4, -0.2) is 40.8 Å². The summed E-state index contributed by atoms with van der Waals surface area (Å²) in [5.41, 5.74) is 1.45. The second-order valence-corrected chi connectivity index (χ2v) is 10.3. The van der Waals surface area contributed by atoms with Crippen LogP contribution in [0.2, 0.25) is 0 Å². The number of amides is 2. The molecule has 3 rings (SSSR count). The number of unbranched alkanes of at least 4 members (excludes halogenated alkanes) is 4. The van der Waals surface area contributed by atoms with Crippen molar-refractivity contribution in [2.45, 2.75) is 50.7 Å². The first kappa shape index (κ1) is 25.6. The lowest BCUT2D eigenvalue weighted by Crippen LogP contribution is -2.45. The highest BCUT2D eigenvalue weighted by Gasteiger charge is 2.35. The van der Waals surface area contributed by atoms with E-state index in [1.165, 1.54) is 24.6 Å². The zero-order valence-corrected chi connectivity index (χ0v) is 22.0. The summed E-state index contributed by atoms with van der Waals surface area (Å²) in [6.45, 7) is 2.81. The van der Waals surface area contributed by atoms with Crippen molar-refractivity contribution in [3.05, 3.63) is 52.1 Å². The first-order valence-electron chi connectivity index (χ1n) is 11.3. The topological polar surface area (TPSA) is 71.0 Å². The largest absolute Gasteiger partial charge is 0.497 e. The van der Waals surface area contributed by atoms with Gasteiger partial charge in [0, 0.05) is 22.2 Å². The van der Waals surface area contributed by atoms with Crippen molar-refractivity contribution >= 4 is 62.7 Å². The third-order valence-electron chi connectivity index (χ3n) is 5.33. The Hall–Kier alpha value is -2.07. The van der Waals surface area contributed by atoms with Gasteiger partial charge in [-0.1, -0.05) is 44.4 Å². The number of thioether (sulfide) groups is 1. The first-order chi connectivity index (χ1) is 16.0. The minimum atomic E-state index is -0.523. The van der Waals surface area contributed by atoms with Crippen LogP contribution in [0.4, 0.5) is 11.4 Å². The average Bonchev–Trinajstić information content (AvgIpc) is 2.82. The van der Waals surface area contributed by atoms with Gasteiger partial charge in [0.25, 0.3) is 0 Å². The van der Waals surface area contributed by atoms with E-state index in [-0.39, 0.29) is 18.2 Å². The molecule has 1 N–H and O–H groups in total. The predicted molar refractivity (Wildman–Crippen MR) is 144 cm³/mol. The lowest BCUT2D eigenvalue weighted by molar-refractivity contribution is -0.129. The summed E-state index contributed by atoms with van der Waals surface area (Å²) in [6, 6.07) is 15.0. The molecule has 1 atom stereocenters. The van der Waals surface area contributed by atoms with E-state index in [1.54, 1.807) is 12.0 Å². The Morgan fingerprint density at radius 2 is 1.82 bits per heavy atom. The smallest absolute Gasteiger partial charge is 0.238 e. The van der Waals surface area contributed by atoms with E-state index in [0.29, 0.717) is 11.7 Å². The number of anilines is 1. The standard InChI is InChI=1S/C25H30IN3O3S/c1-3-4-5-6-7-16-29-23(30)17-22(24(31)27-19-10-8-18(26)9-11-19)33-25(29)28-20-12-14-21(32-2)15-13-20/h8-15,22H,3-7,16-17H2,1-2H3,(H,27,31). The van der Waals surface area contributed by atoms with Crippen LogP contribution in [0.25, 0.3) is 0 Å². The van der Waals surface area contributed by atoms with Gasteiger partial charge in [0.2, 0.25) is 11.8 Å². The number of rotatable bonds is 10. The molecule has 0 spiro atoms. The molecule has 1 heterocycles. The molecule has 0 aliphatic carbocycles. The van der Waals surface area contributed by atoms with Crippen molar-refractivity contribution in [2.75, 3.05) is 19.0 Å². The molecule has 8 heteroatoms. The number of nitrogens with one attached hydrogen (secondary N) is 1. The third kappa shape index (κ3) is 7.74. The van der Waals surface area contributed by atoms with Crippen molar-refractivity contribution in [1.82, 2.24) is 4.90 Å². The van der Waals surface area contributed by atoms with E-state index in [0.717, 1.165) is 40.0 Å². The Labute approximate surface area is 213 Å². The molecular formula is C25H30IN3O3S. The van der Waals surface area contributed by atoms with Gasteiger partial charge < -0.3 is 10.1 Å². The van der Waals surface area contributed by atoms with Crippen LogP contribution in [0, 0.1) is 3.57 Å². The molecule has 2 aromatic carbocycles. The summed E-state index contributed by atoms with van der Waals surface area (Å²) >= 11 is 3.58. The monoisotopic (exact) mass is 579 g/mol. The summed E-state index contributed by atoms with van der Waals surface area (Å²) in [5.74, 6) is 0.507. The molecule has 1 aliphatic heterocycles. The number of nitrogens with zero attached hydrogens (tertiary/aromatic N) is 2. The second-order valence-electron chi connectivity index (χ2n) is 7.86. The Bertz CT molecular complexity index is 964. The molecule has 176 valence electrons. The lowest BCUT2D eigenvalue weighted by atomic mass is 10.1. The number of benzene rings is 2. The molecule has 0 radical (unpaired) electrons. The number of carbonyl (C=O) groups excluding carboxylic acids is 2. The zero-order valence-electron chi connectivity index (χ0n) is 19.1. The molecular weight excluding hydrogens is 549 g/mol. The minimum Gasteiger partial charge on any atom is -0.497 e. The highest BCUT2D eigenvalue weighted by molar-refractivity contribution is 14.1. The summed E-state index contributed by atoms with van der Waals surface area (Å²) in [6.07, 6.45) is 5.72. The number of hydrogen-bond acceptors (Lipinski definition) is 5. The molecule has 1 fully saturated rings. The number of ether oxygens (including phenoxy) is 1. The van der Waals surface area contributed by atoms with Gasteiger partial charge in [-0.05, 0) is 77.5 Å². The summed E-state index contributed by atoms with van der Waals surface area (Å²) in [4.78, 5) is 32.5. The van der Waals surface area contributed by atoms with Crippen molar-refractivity contribution in [3.8, 4) is 5.75 Å². The van der Waals surface area contributed by atoms with Crippen molar-refractivity contribution in [2.24, 2.45) is 4.99 Å². The number of aliphatic imine (C=N–C) groups is 1. The maximum absolute atomic E-state index is 13.1. The Morgan fingerprint density at radius 1 is 1.12 bits per heavy atom. The molecule has 2 amide bonds. The van der Waals surface area contributed by atoms with Crippen LogP contribution < -0.4 is 10.1 Å². The molecule has 1 saturated heterocycles. The quantitative estimate of drug-likeness (QED) is 0.268. The van der Waals surface area contributed by atoms with Gasteiger partial charge >= 0.3 is 0 Å². The molecule has 1 aliphatic rings. The van der Waals surface area contributed by atoms with Crippen LogP contribution in [0.1, 0.15) is 45.4 Å². The van der Waals surface area contributed by atoms with Gasteiger partial charge in [0.05, 0.1) is 12.8 Å². The van der Waals surface area contributed by atoms with Gasteiger partial charge in [-0.2, -0.15) is 0 Å². The number of carbonyl (C=O) groups is 2. The second kappa shape index (κ2) is 13.0. The fourth-order valence-corrected chi connectivity index (χ4v) is 4.94. The highest BCUT2D eigenvalue weighted by atomic mass is 127. The van der Waals surface area contributed by atoms with Crippen LogP contribution >= 0.6 is 34.4 Å². The number of hydrogen-bond donors (Lipinski definition) is 1. The Morgan fingerprint density at radius 3 is 2.48 bits per heavy atom. The van der Waals surface area contributed by atoms with E-state index in [1.807, 2.05) is 48.5 Å². The zero-order chi connectivity index (χ0) is 23.6. The van der Waals surface area contributed by atoms with Crippen molar-refractivity contribution < 1.29 is 14.3 Å². The molecule has 0 saturated carbocycles. The fourth-order valence-electron chi connectivity index (χ4n) is 3.46. The number of methoxy groups -OCH3 is 1. The molecule has 6 nitrogen and oxygen atoms in total.